The van der Waals surface area contributed by atoms with Gasteiger partial charge in [0.15, 0.2) is 5.16 Å². The summed E-state index contributed by atoms with van der Waals surface area (Å²) in [6.45, 7) is 6.31. The highest BCUT2D eigenvalue weighted by atomic mass is 32.2. The number of fused-ring (bicyclic) bond motifs is 3. The normalized spacial score (nSPS) is 13.6. The number of nitrogens with one attached hydrogen (secondary N) is 1. The van der Waals surface area contributed by atoms with Crippen molar-refractivity contribution in [3.63, 3.8) is 0 Å². The van der Waals surface area contributed by atoms with Gasteiger partial charge >= 0.3 is 0 Å². The quantitative estimate of drug-likeness (QED) is 0.371. The fourth-order valence-corrected chi connectivity index (χ4v) is 6.57. The summed E-state index contributed by atoms with van der Waals surface area (Å²) in [6.07, 6.45) is 3.84. The highest BCUT2D eigenvalue weighted by Gasteiger charge is 2.26. The van der Waals surface area contributed by atoms with Crippen LogP contribution in [0.2, 0.25) is 0 Å². The van der Waals surface area contributed by atoms with Crippen LogP contribution in [0.3, 0.4) is 0 Å². The molecule has 2 heterocycles. The molecule has 1 aromatic carbocycles. The fraction of sp³-hybridized carbons (Fsp3) is 0.440. The largest absolute Gasteiger partial charge is 0.335 e. The Bertz CT molecular complexity index is 1280. The lowest BCUT2D eigenvalue weighted by atomic mass is 10.2. The van der Waals surface area contributed by atoms with Crippen molar-refractivity contribution in [2.75, 3.05) is 18.9 Å². The van der Waals surface area contributed by atoms with E-state index in [4.69, 9.17) is 4.98 Å². The van der Waals surface area contributed by atoms with E-state index >= 15 is 0 Å². The van der Waals surface area contributed by atoms with Crippen LogP contribution >= 0.6 is 23.1 Å². The minimum atomic E-state index is -0.489. The van der Waals surface area contributed by atoms with Crippen molar-refractivity contribution in [1.82, 2.24) is 14.5 Å². The summed E-state index contributed by atoms with van der Waals surface area (Å²) in [6, 6.07) is 7.52. The van der Waals surface area contributed by atoms with Crippen molar-refractivity contribution in [3.05, 3.63) is 50.6 Å². The van der Waals surface area contributed by atoms with Gasteiger partial charge in [-0.1, -0.05) is 36.4 Å². The number of carbonyl (C=O) groups is 2. The molecule has 2 amide bonds. The lowest BCUT2D eigenvalue weighted by Gasteiger charge is -2.21. The number of carbonyl (C=O) groups excluding carboxylic acids is 2. The molecule has 7 nitrogen and oxygen atoms in total. The smallest absolute Gasteiger partial charge is 0.263 e. The van der Waals surface area contributed by atoms with Crippen molar-refractivity contribution >= 4 is 50.8 Å². The lowest BCUT2D eigenvalue weighted by molar-refractivity contribution is -0.132. The Kier molecular flexibility index (Phi) is 7.42. The third-order valence-electron chi connectivity index (χ3n) is 5.96. The van der Waals surface area contributed by atoms with E-state index in [0.29, 0.717) is 17.4 Å². The molecule has 4 rings (SSSR count). The first kappa shape index (κ1) is 24.5. The number of benzene rings is 1. The van der Waals surface area contributed by atoms with E-state index in [0.717, 1.165) is 41.5 Å². The molecular formula is C25H30N4O3S2. The molecule has 0 radical (unpaired) electrons. The molecule has 2 aromatic heterocycles. The molecule has 0 fully saturated rings. The second-order valence-electron chi connectivity index (χ2n) is 8.76. The van der Waals surface area contributed by atoms with Gasteiger partial charge in [-0.15, -0.1) is 11.3 Å². The Hall–Kier alpha value is -2.65. The summed E-state index contributed by atoms with van der Waals surface area (Å²) in [4.78, 5) is 47.1. The van der Waals surface area contributed by atoms with Crippen LogP contribution in [-0.2, 0) is 29.0 Å². The molecule has 1 aliphatic carbocycles. The Labute approximate surface area is 207 Å². The zero-order chi connectivity index (χ0) is 24.4. The fourth-order valence-electron chi connectivity index (χ4n) is 4.22. The van der Waals surface area contributed by atoms with E-state index in [1.165, 1.54) is 27.1 Å². The highest BCUT2D eigenvalue weighted by molar-refractivity contribution is 8.00. The summed E-state index contributed by atoms with van der Waals surface area (Å²) in [5, 5.41) is 3.66. The van der Waals surface area contributed by atoms with Crippen molar-refractivity contribution in [3.8, 4) is 0 Å². The number of hydrogen-bond acceptors (Lipinski definition) is 6. The molecule has 1 unspecified atom stereocenters. The number of aryl methyl sites for hydroxylation is 3. The predicted octanol–water partition coefficient (Wildman–Crippen LogP) is 4.24. The average molecular weight is 499 g/mol. The third kappa shape index (κ3) is 5.05. The summed E-state index contributed by atoms with van der Waals surface area (Å²) in [5.41, 5.74) is 2.97. The topological polar surface area (TPSA) is 84.3 Å². The van der Waals surface area contributed by atoms with Crippen molar-refractivity contribution in [1.29, 1.82) is 0 Å². The minimum Gasteiger partial charge on any atom is -0.335 e. The Balaban J connectivity index is 1.48. The molecule has 0 saturated heterocycles. The lowest BCUT2D eigenvalue weighted by Crippen LogP contribution is -2.39. The monoisotopic (exact) mass is 498 g/mol. The van der Waals surface area contributed by atoms with Gasteiger partial charge in [0.05, 0.1) is 17.2 Å². The van der Waals surface area contributed by atoms with Gasteiger partial charge in [-0.05, 0) is 57.2 Å². The molecule has 0 saturated carbocycles. The average Bonchev–Trinajstić information content (AvgIpc) is 3.38. The second kappa shape index (κ2) is 10.3. The molecule has 9 heteroatoms. The number of anilines is 1. The van der Waals surface area contributed by atoms with Gasteiger partial charge < -0.3 is 10.2 Å². The van der Waals surface area contributed by atoms with Crippen LogP contribution in [0.4, 0.5) is 5.69 Å². The van der Waals surface area contributed by atoms with E-state index in [1.807, 2.05) is 38.1 Å². The number of rotatable bonds is 8. The summed E-state index contributed by atoms with van der Waals surface area (Å²) in [5.74, 6) is -0.442. The van der Waals surface area contributed by atoms with E-state index < -0.39 is 5.25 Å². The highest BCUT2D eigenvalue weighted by Crippen LogP contribution is 2.36. The van der Waals surface area contributed by atoms with Crippen LogP contribution in [0.25, 0.3) is 10.2 Å². The molecule has 34 heavy (non-hydrogen) atoms. The minimum absolute atomic E-state index is 0.000714. The number of thioether (sulfide) groups is 1. The number of hydrogen-bond donors (Lipinski definition) is 1. The van der Waals surface area contributed by atoms with Crippen molar-refractivity contribution < 1.29 is 9.59 Å². The van der Waals surface area contributed by atoms with Gasteiger partial charge in [0.25, 0.3) is 5.56 Å². The van der Waals surface area contributed by atoms with Crippen molar-refractivity contribution in [2.24, 2.45) is 0 Å². The maximum atomic E-state index is 13.4. The second-order valence-corrected chi connectivity index (χ2v) is 11.1. The molecule has 1 aliphatic rings. The maximum absolute atomic E-state index is 13.4. The predicted molar refractivity (Wildman–Crippen MR) is 139 cm³/mol. The molecule has 3 aromatic rings. The van der Waals surface area contributed by atoms with Gasteiger partial charge in [-0.3, -0.25) is 19.0 Å². The van der Waals surface area contributed by atoms with Crippen LogP contribution in [0, 0.1) is 6.92 Å². The first-order valence-electron chi connectivity index (χ1n) is 11.6. The van der Waals surface area contributed by atoms with Crippen LogP contribution in [0.5, 0.6) is 0 Å². The van der Waals surface area contributed by atoms with E-state index in [1.54, 1.807) is 29.9 Å². The molecule has 180 valence electrons. The van der Waals surface area contributed by atoms with Gasteiger partial charge in [0.2, 0.25) is 11.8 Å². The van der Waals surface area contributed by atoms with Crippen LogP contribution in [0.15, 0.2) is 34.2 Å². The first-order chi connectivity index (χ1) is 16.3. The molecular weight excluding hydrogens is 468 g/mol. The number of aromatic nitrogens is 2. The number of amides is 2. The van der Waals surface area contributed by atoms with Gasteiger partial charge in [-0.25, -0.2) is 4.98 Å². The Morgan fingerprint density at radius 1 is 1.26 bits per heavy atom. The van der Waals surface area contributed by atoms with E-state index in [-0.39, 0.29) is 23.9 Å². The van der Waals surface area contributed by atoms with Crippen LogP contribution in [-0.4, -0.2) is 45.1 Å². The Morgan fingerprint density at radius 3 is 2.71 bits per heavy atom. The number of nitrogens with zero attached hydrogens (tertiary/aromatic N) is 3. The summed E-state index contributed by atoms with van der Waals surface area (Å²) < 4.78 is 1.71. The maximum Gasteiger partial charge on any atom is 0.263 e. The van der Waals surface area contributed by atoms with Gasteiger partial charge in [-0.2, -0.15) is 0 Å². The SMILES string of the molecule is CCCn1c(SC(C)C(=O)N(C)CC(=O)Nc2ccc(C)cc2)nc2sc3c(c2c1=O)CCC3. The summed E-state index contributed by atoms with van der Waals surface area (Å²) in [7, 11) is 1.62. The van der Waals surface area contributed by atoms with E-state index in [9.17, 15) is 14.4 Å². The Morgan fingerprint density at radius 2 is 2.00 bits per heavy atom. The van der Waals surface area contributed by atoms with Crippen LogP contribution in [0.1, 0.15) is 42.7 Å². The molecule has 0 spiro atoms. The van der Waals surface area contributed by atoms with Gasteiger partial charge in [0.1, 0.15) is 4.83 Å². The number of thiophene rings is 1. The molecule has 1 atom stereocenters. The zero-order valence-corrected chi connectivity index (χ0v) is 21.6. The van der Waals surface area contributed by atoms with Gasteiger partial charge in [0, 0.05) is 24.2 Å². The molecule has 0 bridgehead atoms. The molecule has 0 aliphatic heterocycles. The van der Waals surface area contributed by atoms with E-state index in [2.05, 4.69) is 5.32 Å². The standard InChI is InChI=1S/C25H30N4O3S2/c1-5-13-29-24(32)21-18-7-6-8-19(18)34-22(21)27-25(29)33-16(3)23(31)28(4)14-20(30)26-17-11-9-15(2)10-12-17/h9-12,16H,5-8,13-14H2,1-4H3,(H,26,30). The first-order valence-corrected chi connectivity index (χ1v) is 13.3. The zero-order valence-electron chi connectivity index (χ0n) is 20.0. The van der Waals surface area contributed by atoms with Crippen LogP contribution < -0.4 is 10.9 Å². The third-order valence-corrected chi connectivity index (χ3v) is 8.22. The summed E-state index contributed by atoms with van der Waals surface area (Å²) >= 11 is 2.89. The molecule has 1 N–H and O–H groups in total. The van der Waals surface area contributed by atoms with Crippen molar-refractivity contribution in [2.45, 2.75) is 63.4 Å². The number of likely N-dealkylation sites (N-methyl/N-ethyl adjacent to an activating group) is 1.